The van der Waals surface area contributed by atoms with E-state index in [-0.39, 0.29) is 18.4 Å². The van der Waals surface area contributed by atoms with E-state index in [9.17, 15) is 14.4 Å². The third kappa shape index (κ3) is 6.39. The normalized spacial score (nSPS) is 12.2. The number of rotatable bonds is 5. The van der Waals surface area contributed by atoms with Crippen molar-refractivity contribution in [3.8, 4) is 0 Å². The third-order valence-corrected chi connectivity index (χ3v) is 2.60. The van der Waals surface area contributed by atoms with E-state index >= 15 is 0 Å². The number of amides is 2. The van der Waals surface area contributed by atoms with Gasteiger partial charge in [0.1, 0.15) is 6.54 Å². The molecule has 6 heteroatoms. The van der Waals surface area contributed by atoms with Crippen molar-refractivity contribution in [1.29, 1.82) is 0 Å². The second-order valence-electron chi connectivity index (χ2n) is 5.92. The van der Waals surface area contributed by atoms with Gasteiger partial charge in [0.25, 0.3) is 11.8 Å². The van der Waals surface area contributed by atoms with Gasteiger partial charge in [-0.2, -0.15) is 0 Å². The second kappa shape index (κ2) is 7.59. The van der Waals surface area contributed by atoms with Gasteiger partial charge in [-0.25, -0.2) is 0 Å². The summed E-state index contributed by atoms with van der Waals surface area (Å²) >= 11 is 0. The number of nitrogens with one attached hydrogen (secondary N) is 2. The maximum Gasteiger partial charge on any atom is 0.326 e. The van der Waals surface area contributed by atoms with Crippen molar-refractivity contribution in [3.63, 3.8) is 0 Å². The average Bonchev–Trinajstić information content (AvgIpc) is 2.43. The van der Waals surface area contributed by atoms with Crippen LogP contribution < -0.4 is 10.6 Å². The average molecular weight is 306 g/mol. The predicted octanol–water partition coefficient (Wildman–Crippen LogP) is 1.26. The van der Waals surface area contributed by atoms with E-state index in [4.69, 9.17) is 4.74 Å². The highest BCUT2D eigenvalue weighted by Crippen LogP contribution is 2.02. The Labute approximate surface area is 130 Å². The summed E-state index contributed by atoms with van der Waals surface area (Å²) in [5.41, 5.74) is 0.0491. The number of carbonyl (C=O) groups is 3. The first-order chi connectivity index (χ1) is 10.2. The van der Waals surface area contributed by atoms with Crippen molar-refractivity contribution in [3.05, 3.63) is 35.9 Å². The molecule has 1 aromatic rings. The number of ether oxygens (including phenoxy) is 1. The van der Waals surface area contributed by atoms with Crippen molar-refractivity contribution in [1.82, 2.24) is 10.6 Å². The molecule has 1 atom stereocenters. The van der Waals surface area contributed by atoms with Gasteiger partial charge in [0, 0.05) is 11.1 Å². The Morgan fingerprint density at radius 1 is 1.14 bits per heavy atom. The van der Waals surface area contributed by atoms with Gasteiger partial charge in [-0.3, -0.25) is 14.4 Å². The van der Waals surface area contributed by atoms with Crippen LogP contribution in [0, 0.1) is 0 Å². The van der Waals surface area contributed by atoms with Crippen LogP contribution in [0.25, 0.3) is 0 Å². The summed E-state index contributed by atoms with van der Waals surface area (Å²) in [7, 11) is 0. The predicted molar refractivity (Wildman–Crippen MR) is 82.2 cm³/mol. The molecular formula is C16H22N2O4. The Morgan fingerprint density at radius 3 is 2.27 bits per heavy atom. The summed E-state index contributed by atoms with van der Waals surface area (Å²) in [6.07, 6.45) is -0.916. The van der Waals surface area contributed by atoms with Crippen LogP contribution in [0.2, 0.25) is 0 Å². The van der Waals surface area contributed by atoms with Crippen molar-refractivity contribution in [2.75, 3.05) is 6.54 Å². The minimum atomic E-state index is -0.916. The molecule has 0 spiro atoms. The molecule has 1 rings (SSSR count). The number of carbonyl (C=O) groups excluding carboxylic acids is 3. The molecule has 0 aliphatic heterocycles. The third-order valence-electron chi connectivity index (χ3n) is 2.60. The van der Waals surface area contributed by atoms with Crippen molar-refractivity contribution >= 4 is 17.8 Å². The highest BCUT2D eigenvalue weighted by Gasteiger charge is 2.22. The van der Waals surface area contributed by atoms with Crippen LogP contribution in [0.3, 0.4) is 0 Å². The first kappa shape index (κ1) is 17.7. The molecular weight excluding hydrogens is 284 g/mol. The second-order valence-corrected chi connectivity index (χ2v) is 5.92. The van der Waals surface area contributed by atoms with Gasteiger partial charge in [-0.05, 0) is 39.8 Å². The van der Waals surface area contributed by atoms with E-state index in [1.165, 1.54) is 6.92 Å². The molecule has 0 aromatic heterocycles. The minimum Gasteiger partial charge on any atom is -0.451 e. The molecule has 0 saturated carbocycles. The summed E-state index contributed by atoms with van der Waals surface area (Å²) < 4.78 is 4.98. The molecule has 1 aromatic carbocycles. The minimum absolute atomic E-state index is 0.291. The van der Waals surface area contributed by atoms with Crippen LogP contribution in [-0.2, 0) is 14.3 Å². The number of hydrogen-bond donors (Lipinski definition) is 2. The van der Waals surface area contributed by atoms with E-state index in [0.29, 0.717) is 5.56 Å². The molecule has 0 aliphatic carbocycles. The molecule has 0 bridgehead atoms. The molecule has 0 fully saturated rings. The summed E-state index contributed by atoms with van der Waals surface area (Å²) in [4.78, 5) is 35.2. The molecule has 2 amide bonds. The number of benzene rings is 1. The first-order valence-corrected chi connectivity index (χ1v) is 7.04. The van der Waals surface area contributed by atoms with Crippen LogP contribution in [0.1, 0.15) is 38.1 Å². The fraction of sp³-hybridized carbons (Fsp3) is 0.438. The molecule has 0 heterocycles. The zero-order valence-electron chi connectivity index (χ0n) is 13.3. The molecule has 120 valence electrons. The number of esters is 1. The Balaban J connectivity index is 2.40. The van der Waals surface area contributed by atoms with E-state index < -0.39 is 17.6 Å². The monoisotopic (exact) mass is 306 g/mol. The van der Waals surface area contributed by atoms with Crippen molar-refractivity contribution in [2.24, 2.45) is 0 Å². The van der Waals surface area contributed by atoms with Gasteiger partial charge >= 0.3 is 5.97 Å². The van der Waals surface area contributed by atoms with Crippen LogP contribution in [0.15, 0.2) is 30.3 Å². The smallest absolute Gasteiger partial charge is 0.326 e. The summed E-state index contributed by atoms with van der Waals surface area (Å²) in [6, 6.07) is 8.53. The van der Waals surface area contributed by atoms with Gasteiger partial charge in [-0.1, -0.05) is 18.2 Å². The van der Waals surface area contributed by atoms with E-state index in [0.717, 1.165) is 0 Å². The Morgan fingerprint density at radius 2 is 1.73 bits per heavy atom. The fourth-order valence-electron chi connectivity index (χ4n) is 1.61. The van der Waals surface area contributed by atoms with Gasteiger partial charge in [0.15, 0.2) is 6.10 Å². The lowest BCUT2D eigenvalue weighted by molar-refractivity contribution is -0.154. The SMILES string of the molecule is CC(OC(=O)CNC(=O)c1ccccc1)C(=O)NC(C)(C)C. The summed E-state index contributed by atoms with van der Waals surface area (Å²) in [5.74, 6) is -1.42. The summed E-state index contributed by atoms with van der Waals surface area (Å²) in [5, 5.41) is 5.16. The molecule has 0 saturated heterocycles. The van der Waals surface area contributed by atoms with Gasteiger partial charge in [0.2, 0.25) is 0 Å². The largest absolute Gasteiger partial charge is 0.451 e. The first-order valence-electron chi connectivity index (χ1n) is 7.04. The Kier molecular flexibility index (Phi) is 6.10. The van der Waals surface area contributed by atoms with Crippen LogP contribution in [0.5, 0.6) is 0 Å². The zero-order chi connectivity index (χ0) is 16.8. The Bertz CT molecular complexity index is 535. The quantitative estimate of drug-likeness (QED) is 0.802. The highest BCUT2D eigenvalue weighted by molar-refractivity contribution is 5.96. The number of hydrogen-bond acceptors (Lipinski definition) is 4. The molecule has 2 N–H and O–H groups in total. The Hall–Kier alpha value is -2.37. The molecule has 0 aliphatic rings. The maximum absolute atomic E-state index is 11.8. The van der Waals surface area contributed by atoms with Crippen molar-refractivity contribution < 1.29 is 19.1 Å². The lowest BCUT2D eigenvalue weighted by atomic mass is 10.1. The zero-order valence-corrected chi connectivity index (χ0v) is 13.3. The van der Waals surface area contributed by atoms with Crippen LogP contribution >= 0.6 is 0 Å². The van der Waals surface area contributed by atoms with Crippen LogP contribution in [-0.4, -0.2) is 36.0 Å². The highest BCUT2D eigenvalue weighted by atomic mass is 16.5. The molecule has 1 unspecified atom stereocenters. The lowest BCUT2D eigenvalue weighted by Gasteiger charge is -2.23. The topological polar surface area (TPSA) is 84.5 Å². The van der Waals surface area contributed by atoms with E-state index in [1.54, 1.807) is 30.3 Å². The standard InChI is InChI=1S/C16H22N2O4/c1-11(14(20)18-16(2,3)4)22-13(19)10-17-15(21)12-8-6-5-7-9-12/h5-9,11H,10H2,1-4H3,(H,17,21)(H,18,20). The van der Waals surface area contributed by atoms with E-state index in [1.807, 2.05) is 20.8 Å². The fourth-order valence-corrected chi connectivity index (χ4v) is 1.61. The van der Waals surface area contributed by atoms with E-state index in [2.05, 4.69) is 10.6 Å². The van der Waals surface area contributed by atoms with Crippen molar-refractivity contribution in [2.45, 2.75) is 39.3 Å². The van der Waals surface area contributed by atoms with Gasteiger partial charge < -0.3 is 15.4 Å². The van der Waals surface area contributed by atoms with Gasteiger partial charge in [0.05, 0.1) is 0 Å². The maximum atomic E-state index is 11.8. The summed E-state index contributed by atoms with van der Waals surface area (Å²) in [6.45, 7) is 6.69. The molecule has 6 nitrogen and oxygen atoms in total. The van der Waals surface area contributed by atoms with Crippen LogP contribution in [0.4, 0.5) is 0 Å². The lowest BCUT2D eigenvalue weighted by Crippen LogP contribution is -2.46. The van der Waals surface area contributed by atoms with Gasteiger partial charge in [-0.15, -0.1) is 0 Å². The molecule has 0 radical (unpaired) electrons. The molecule has 22 heavy (non-hydrogen) atoms.